The molecule has 0 aliphatic heterocycles. The molecule has 0 saturated heterocycles. The third kappa shape index (κ3) is 3.47. The highest BCUT2D eigenvalue weighted by Gasteiger charge is 2.18. The minimum Gasteiger partial charge on any atom is -0.497 e. The van der Waals surface area contributed by atoms with Crippen LogP contribution in [0.25, 0.3) is 0 Å². The molecule has 3 heteroatoms. The predicted molar refractivity (Wildman–Crippen MR) is 76.4 cm³/mol. The van der Waals surface area contributed by atoms with Gasteiger partial charge in [-0.15, -0.1) is 0 Å². The van der Waals surface area contributed by atoms with Gasteiger partial charge in [0.15, 0.2) is 0 Å². The van der Waals surface area contributed by atoms with Crippen molar-refractivity contribution in [1.82, 2.24) is 0 Å². The monoisotopic (exact) mass is 259 g/mol. The number of nitrogens with one attached hydrogen (secondary N) is 1. The number of methoxy groups -OCH3 is 1. The van der Waals surface area contributed by atoms with Gasteiger partial charge in [0, 0.05) is 5.69 Å². The molecule has 100 valence electrons. The highest BCUT2D eigenvalue weighted by atomic mass is 19.1. The second-order valence-corrected chi connectivity index (χ2v) is 4.44. The number of anilines is 1. The minimum absolute atomic E-state index is 0.352. The van der Waals surface area contributed by atoms with Crippen LogP contribution < -0.4 is 10.1 Å². The summed E-state index contributed by atoms with van der Waals surface area (Å²) < 4.78 is 18.9. The van der Waals surface area contributed by atoms with E-state index in [9.17, 15) is 4.39 Å². The van der Waals surface area contributed by atoms with Crippen LogP contribution in [0.2, 0.25) is 0 Å². The summed E-state index contributed by atoms with van der Waals surface area (Å²) >= 11 is 0. The van der Waals surface area contributed by atoms with Crippen LogP contribution in [-0.2, 0) is 0 Å². The zero-order valence-corrected chi connectivity index (χ0v) is 11.1. The maximum Gasteiger partial charge on any atom is 0.121 e. The highest BCUT2D eigenvalue weighted by Crippen LogP contribution is 2.25. The largest absolute Gasteiger partial charge is 0.497 e. The summed E-state index contributed by atoms with van der Waals surface area (Å²) in [6.45, 7) is 1.56. The second-order valence-electron chi connectivity index (χ2n) is 4.44. The molecule has 0 heterocycles. The third-order valence-electron chi connectivity index (χ3n) is 3.03. The van der Waals surface area contributed by atoms with Crippen molar-refractivity contribution in [3.05, 3.63) is 60.2 Å². The van der Waals surface area contributed by atoms with Crippen molar-refractivity contribution >= 4 is 5.69 Å². The fraction of sp³-hybridized carbons (Fsp3) is 0.250. The number of hydrogen-bond donors (Lipinski definition) is 1. The van der Waals surface area contributed by atoms with Crippen molar-refractivity contribution in [2.75, 3.05) is 12.4 Å². The van der Waals surface area contributed by atoms with E-state index in [2.05, 4.69) is 5.32 Å². The Morgan fingerprint density at radius 1 is 1.00 bits per heavy atom. The summed E-state index contributed by atoms with van der Waals surface area (Å²) in [5, 5.41) is 3.22. The molecule has 0 aliphatic rings. The summed E-state index contributed by atoms with van der Waals surface area (Å²) in [7, 11) is 1.62. The molecule has 0 amide bonds. The Morgan fingerprint density at radius 2 is 1.63 bits per heavy atom. The van der Waals surface area contributed by atoms with Gasteiger partial charge in [0.25, 0.3) is 0 Å². The van der Waals surface area contributed by atoms with Crippen LogP contribution in [0, 0.1) is 0 Å². The zero-order chi connectivity index (χ0) is 13.7. The van der Waals surface area contributed by atoms with Gasteiger partial charge >= 0.3 is 0 Å². The molecule has 2 aromatic carbocycles. The van der Waals surface area contributed by atoms with Crippen molar-refractivity contribution in [2.24, 2.45) is 0 Å². The molecule has 0 bridgehead atoms. The average molecular weight is 259 g/mol. The number of halogens is 1. The van der Waals surface area contributed by atoms with Crippen LogP contribution in [0.1, 0.15) is 18.5 Å². The van der Waals surface area contributed by atoms with E-state index >= 15 is 0 Å². The lowest BCUT2D eigenvalue weighted by Gasteiger charge is -2.21. The minimum atomic E-state index is -0.982. The van der Waals surface area contributed by atoms with Gasteiger partial charge in [-0.05, 0) is 36.8 Å². The molecule has 0 unspecified atom stereocenters. The first-order chi connectivity index (χ1) is 9.20. The Kier molecular flexibility index (Phi) is 4.39. The van der Waals surface area contributed by atoms with Gasteiger partial charge in [-0.2, -0.15) is 0 Å². The van der Waals surface area contributed by atoms with Crippen molar-refractivity contribution in [1.29, 1.82) is 0 Å². The van der Waals surface area contributed by atoms with Crippen LogP contribution in [0.4, 0.5) is 10.1 Å². The molecular weight excluding hydrogens is 241 g/mol. The van der Waals surface area contributed by atoms with Crippen LogP contribution in [0.5, 0.6) is 5.75 Å². The van der Waals surface area contributed by atoms with Crippen molar-refractivity contribution in [3.8, 4) is 5.75 Å². The topological polar surface area (TPSA) is 21.3 Å². The molecule has 0 radical (unpaired) electrons. The second kappa shape index (κ2) is 6.23. The Bertz CT molecular complexity index is 496. The number of hydrogen-bond acceptors (Lipinski definition) is 2. The summed E-state index contributed by atoms with van der Waals surface area (Å²) in [5.74, 6) is 0.787. The van der Waals surface area contributed by atoms with Crippen LogP contribution in [-0.4, -0.2) is 13.3 Å². The summed E-state index contributed by atoms with van der Waals surface area (Å²) in [4.78, 5) is 0. The van der Waals surface area contributed by atoms with E-state index in [1.165, 1.54) is 0 Å². The fourth-order valence-corrected chi connectivity index (χ4v) is 1.99. The Hall–Kier alpha value is -2.03. The number of ether oxygens (including phenoxy) is 1. The van der Waals surface area contributed by atoms with Gasteiger partial charge in [-0.3, -0.25) is 0 Å². The first kappa shape index (κ1) is 13.4. The SMILES string of the molecule is COc1ccc(N[C@H](c2ccccc2)[C@H](C)F)cc1. The van der Waals surface area contributed by atoms with Gasteiger partial charge in [-0.25, -0.2) is 4.39 Å². The van der Waals surface area contributed by atoms with E-state index in [0.29, 0.717) is 0 Å². The molecule has 0 aliphatic carbocycles. The number of rotatable bonds is 5. The predicted octanol–water partition coefficient (Wildman–Crippen LogP) is 4.21. The maximum absolute atomic E-state index is 13.8. The molecule has 0 aromatic heterocycles. The van der Waals surface area contributed by atoms with Gasteiger partial charge in [-0.1, -0.05) is 30.3 Å². The maximum atomic E-state index is 13.8. The Balaban J connectivity index is 2.17. The van der Waals surface area contributed by atoms with E-state index in [1.54, 1.807) is 14.0 Å². The highest BCUT2D eigenvalue weighted by molar-refractivity contribution is 5.48. The number of benzene rings is 2. The molecule has 1 N–H and O–H groups in total. The van der Waals surface area contributed by atoms with Gasteiger partial charge in [0.1, 0.15) is 11.9 Å². The molecule has 2 rings (SSSR count). The van der Waals surface area contributed by atoms with Gasteiger partial charge in [0.2, 0.25) is 0 Å². The van der Waals surface area contributed by atoms with E-state index in [4.69, 9.17) is 4.74 Å². The van der Waals surface area contributed by atoms with E-state index < -0.39 is 6.17 Å². The molecular formula is C16H18FNO. The average Bonchev–Trinajstić information content (AvgIpc) is 2.46. The summed E-state index contributed by atoms with van der Waals surface area (Å²) in [5.41, 5.74) is 1.81. The lowest BCUT2D eigenvalue weighted by atomic mass is 10.0. The van der Waals surface area contributed by atoms with E-state index in [1.807, 2.05) is 54.6 Å². The summed E-state index contributed by atoms with van der Waals surface area (Å²) in [6.07, 6.45) is -0.982. The van der Waals surface area contributed by atoms with Crippen molar-refractivity contribution in [2.45, 2.75) is 19.1 Å². The van der Waals surface area contributed by atoms with Gasteiger partial charge < -0.3 is 10.1 Å². The molecule has 2 nitrogen and oxygen atoms in total. The van der Waals surface area contributed by atoms with E-state index in [0.717, 1.165) is 17.0 Å². The number of alkyl halides is 1. The molecule has 0 fully saturated rings. The standard InChI is InChI=1S/C16H18FNO/c1-12(17)16(13-6-4-3-5-7-13)18-14-8-10-15(19-2)11-9-14/h3-12,16,18H,1-2H3/t12-,16-/m0/s1. The normalized spacial score (nSPS) is 13.6. The molecule has 0 spiro atoms. The van der Waals surface area contributed by atoms with Crippen LogP contribution in [0.15, 0.2) is 54.6 Å². The third-order valence-corrected chi connectivity index (χ3v) is 3.03. The van der Waals surface area contributed by atoms with Crippen molar-refractivity contribution < 1.29 is 9.13 Å². The van der Waals surface area contributed by atoms with E-state index in [-0.39, 0.29) is 6.04 Å². The Morgan fingerprint density at radius 3 is 2.16 bits per heavy atom. The Labute approximate surface area is 113 Å². The smallest absolute Gasteiger partial charge is 0.121 e. The van der Waals surface area contributed by atoms with Crippen LogP contribution in [0.3, 0.4) is 0 Å². The molecule has 19 heavy (non-hydrogen) atoms. The first-order valence-corrected chi connectivity index (χ1v) is 6.30. The summed E-state index contributed by atoms with van der Waals surface area (Å²) in [6, 6.07) is 16.7. The zero-order valence-electron chi connectivity index (χ0n) is 11.1. The molecule has 2 aromatic rings. The van der Waals surface area contributed by atoms with Gasteiger partial charge in [0.05, 0.1) is 13.2 Å². The van der Waals surface area contributed by atoms with Crippen molar-refractivity contribution in [3.63, 3.8) is 0 Å². The molecule has 2 atom stereocenters. The fourth-order valence-electron chi connectivity index (χ4n) is 1.99. The molecule has 0 saturated carbocycles. The quantitative estimate of drug-likeness (QED) is 0.868. The lowest BCUT2D eigenvalue weighted by Crippen LogP contribution is -2.19. The van der Waals surface area contributed by atoms with Crippen LogP contribution >= 0.6 is 0 Å². The first-order valence-electron chi connectivity index (χ1n) is 6.30. The lowest BCUT2D eigenvalue weighted by molar-refractivity contribution is 0.322.